The molecule has 0 fully saturated rings. The third-order valence-corrected chi connectivity index (χ3v) is 4.09. The number of thiazole rings is 1. The van der Waals surface area contributed by atoms with Crippen LogP contribution in [0.1, 0.15) is 18.5 Å². The van der Waals surface area contributed by atoms with Crippen molar-refractivity contribution in [2.45, 2.75) is 19.9 Å². The molecule has 1 unspecified atom stereocenters. The quantitative estimate of drug-likeness (QED) is 0.805. The van der Waals surface area contributed by atoms with Crippen molar-refractivity contribution in [3.8, 4) is 0 Å². The van der Waals surface area contributed by atoms with Gasteiger partial charge in [-0.05, 0) is 31.5 Å². The Morgan fingerprint density at radius 2 is 2.25 bits per heavy atom. The standard InChI is InChI=1S/C14H14N4OS/c1-9-5-3-6-11-12(9)16-14(20-11)17-13(19)10(2)18-8-4-7-15-18/h3-8,10H,1-2H3,(H,16,17,19). The molecular formula is C14H14N4OS. The topological polar surface area (TPSA) is 59.8 Å². The smallest absolute Gasteiger partial charge is 0.250 e. The number of carbonyl (C=O) groups excluding carboxylic acids is 1. The van der Waals surface area contributed by atoms with E-state index in [1.54, 1.807) is 30.1 Å². The van der Waals surface area contributed by atoms with Crippen LogP contribution in [0.4, 0.5) is 5.13 Å². The average Bonchev–Trinajstić information content (AvgIpc) is 3.06. The summed E-state index contributed by atoms with van der Waals surface area (Å²) < 4.78 is 2.69. The van der Waals surface area contributed by atoms with Gasteiger partial charge < -0.3 is 5.32 Å². The second-order valence-electron chi connectivity index (χ2n) is 4.59. The van der Waals surface area contributed by atoms with Gasteiger partial charge in [0.05, 0.1) is 10.2 Å². The zero-order chi connectivity index (χ0) is 14.1. The maximum absolute atomic E-state index is 12.2. The number of nitrogens with zero attached hydrogens (tertiary/aromatic N) is 3. The molecule has 0 saturated heterocycles. The lowest BCUT2D eigenvalue weighted by atomic mass is 10.2. The average molecular weight is 286 g/mol. The van der Waals surface area contributed by atoms with Gasteiger partial charge in [0.15, 0.2) is 5.13 Å². The van der Waals surface area contributed by atoms with E-state index < -0.39 is 0 Å². The minimum absolute atomic E-state index is 0.120. The van der Waals surface area contributed by atoms with Crippen LogP contribution in [0.2, 0.25) is 0 Å². The summed E-state index contributed by atoms with van der Waals surface area (Å²) >= 11 is 1.48. The number of aromatic nitrogens is 3. The summed E-state index contributed by atoms with van der Waals surface area (Å²) in [7, 11) is 0. The monoisotopic (exact) mass is 286 g/mol. The highest BCUT2D eigenvalue weighted by molar-refractivity contribution is 7.22. The Balaban J connectivity index is 1.82. The van der Waals surface area contributed by atoms with E-state index in [-0.39, 0.29) is 11.9 Å². The van der Waals surface area contributed by atoms with Crippen molar-refractivity contribution < 1.29 is 4.79 Å². The molecule has 3 aromatic rings. The molecule has 0 radical (unpaired) electrons. The van der Waals surface area contributed by atoms with Crippen molar-refractivity contribution in [3.63, 3.8) is 0 Å². The number of hydrogen-bond donors (Lipinski definition) is 1. The van der Waals surface area contributed by atoms with Crippen LogP contribution in [0.3, 0.4) is 0 Å². The van der Waals surface area contributed by atoms with E-state index in [0.717, 1.165) is 15.8 Å². The van der Waals surface area contributed by atoms with E-state index in [0.29, 0.717) is 5.13 Å². The van der Waals surface area contributed by atoms with Crippen LogP contribution in [0, 0.1) is 6.92 Å². The van der Waals surface area contributed by atoms with E-state index in [4.69, 9.17) is 0 Å². The number of aryl methyl sites for hydroxylation is 1. The molecule has 0 aliphatic rings. The highest BCUT2D eigenvalue weighted by Crippen LogP contribution is 2.28. The molecule has 20 heavy (non-hydrogen) atoms. The predicted octanol–water partition coefficient (Wildman–Crippen LogP) is 3.00. The van der Waals surface area contributed by atoms with Gasteiger partial charge in [-0.1, -0.05) is 23.5 Å². The normalized spacial score (nSPS) is 12.5. The van der Waals surface area contributed by atoms with Crippen LogP contribution in [0.5, 0.6) is 0 Å². The first kappa shape index (κ1) is 12.8. The van der Waals surface area contributed by atoms with Crippen LogP contribution in [-0.2, 0) is 4.79 Å². The SMILES string of the molecule is Cc1cccc2sc(NC(=O)C(C)n3cccn3)nc12. The molecule has 2 aromatic heterocycles. The second kappa shape index (κ2) is 5.05. The first-order valence-electron chi connectivity index (χ1n) is 6.31. The number of nitrogens with one attached hydrogen (secondary N) is 1. The largest absolute Gasteiger partial charge is 0.300 e. The Labute approximate surface area is 120 Å². The molecule has 1 N–H and O–H groups in total. The highest BCUT2D eigenvalue weighted by atomic mass is 32.1. The van der Waals surface area contributed by atoms with Gasteiger partial charge >= 0.3 is 0 Å². The Bertz CT molecular complexity index is 748. The fourth-order valence-corrected chi connectivity index (χ4v) is 2.93. The highest BCUT2D eigenvalue weighted by Gasteiger charge is 2.17. The van der Waals surface area contributed by atoms with E-state index >= 15 is 0 Å². The van der Waals surface area contributed by atoms with E-state index in [2.05, 4.69) is 15.4 Å². The Hall–Kier alpha value is -2.21. The lowest BCUT2D eigenvalue weighted by Crippen LogP contribution is -2.23. The van der Waals surface area contributed by atoms with Crippen LogP contribution < -0.4 is 5.32 Å². The fraction of sp³-hybridized carbons (Fsp3) is 0.214. The van der Waals surface area contributed by atoms with Crippen LogP contribution in [-0.4, -0.2) is 20.7 Å². The number of para-hydroxylation sites is 1. The third-order valence-electron chi connectivity index (χ3n) is 3.15. The van der Waals surface area contributed by atoms with Gasteiger partial charge in [0.25, 0.3) is 5.91 Å². The zero-order valence-electron chi connectivity index (χ0n) is 11.2. The molecule has 6 heteroatoms. The summed E-state index contributed by atoms with van der Waals surface area (Å²) in [5.74, 6) is -0.120. The number of benzene rings is 1. The van der Waals surface area contributed by atoms with Gasteiger partial charge in [-0.3, -0.25) is 9.48 Å². The second-order valence-corrected chi connectivity index (χ2v) is 5.62. The molecule has 2 heterocycles. The van der Waals surface area contributed by atoms with Crippen LogP contribution in [0.15, 0.2) is 36.7 Å². The van der Waals surface area contributed by atoms with Gasteiger partial charge in [0, 0.05) is 12.4 Å². The van der Waals surface area contributed by atoms with Crippen LogP contribution >= 0.6 is 11.3 Å². The molecule has 5 nitrogen and oxygen atoms in total. The van der Waals surface area contributed by atoms with Gasteiger partial charge in [-0.25, -0.2) is 4.98 Å². The van der Waals surface area contributed by atoms with Gasteiger partial charge in [-0.2, -0.15) is 5.10 Å². The van der Waals surface area contributed by atoms with Crippen molar-refractivity contribution in [2.75, 3.05) is 5.32 Å². The van der Waals surface area contributed by atoms with Crippen LogP contribution in [0.25, 0.3) is 10.2 Å². The molecule has 0 saturated carbocycles. The first-order valence-corrected chi connectivity index (χ1v) is 7.13. The third kappa shape index (κ3) is 2.30. The summed E-state index contributed by atoms with van der Waals surface area (Å²) in [6.07, 6.45) is 3.43. The van der Waals surface area contributed by atoms with Gasteiger partial charge in [0.1, 0.15) is 6.04 Å². The molecular weight excluding hydrogens is 272 g/mol. The van der Waals surface area contributed by atoms with E-state index in [9.17, 15) is 4.79 Å². The first-order chi connectivity index (χ1) is 9.65. The number of amides is 1. The Morgan fingerprint density at radius 3 is 2.95 bits per heavy atom. The number of hydrogen-bond acceptors (Lipinski definition) is 4. The van der Waals surface area contributed by atoms with Crippen molar-refractivity contribution in [1.82, 2.24) is 14.8 Å². The van der Waals surface area contributed by atoms with Gasteiger partial charge in [-0.15, -0.1) is 0 Å². The minimum atomic E-state index is -0.363. The van der Waals surface area contributed by atoms with E-state index in [1.807, 2.05) is 25.1 Å². The maximum atomic E-state index is 12.2. The number of carbonyl (C=O) groups is 1. The van der Waals surface area contributed by atoms with Crippen molar-refractivity contribution in [3.05, 3.63) is 42.2 Å². The zero-order valence-corrected chi connectivity index (χ0v) is 12.0. The molecule has 0 bridgehead atoms. The summed E-state index contributed by atoms with van der Waals surface area (Å²) in [6, 6.07) is 7.45. The van der Waals surface area contributed by atoms with Crippen molar-refractivity contribution in [2.24, 2.45) is 0 Å². The Kier molecular flexibility index (Phi) is 3.23. The van der Waals surface area contributed by atoms with Crippen molar-refractivity contribution >= 4 is 32.6 Å². The predicted molar refractivity (Wildman–Crippen MR) is 79.9 cm³/mol. The number of fused-ring (bicyclic) bond motifs is 1. The maximum Gasteiger partial charge on any atom is 0.250 e. The fourth-order valence-electron chi connectivity index (χ4n) is 1.98. The molecule has 1 aromatic carbocycles. The lowest BCUT2D eigenvalue weighted by molar-refractivity contribution is -0.119. The molecule has 102 valence electrons. The summed E-state index contributed by atoms with van der Waals surface area (Å²) in [4.78, 5) is 16.6. The van der Waals surface area contributed by atoms with E-state index in [1.165, 1.54) is 11.3 Å². The summed E-state index contributed by atoms with van der Waals surface area (Å²) in [5.41, 5.74) is 2.05. The minimum Gasteiger partial charge on any atom is -0.300 e. The summed E-state index contributed by atoms with van der Waals surface area (Å²) in [5, 5.41) is 7.55. The summed E-state index contributed by atoms with van der Waals surface area (Å²) in [6.45, 7) is 3.82. The van der Waals surface area contributed by atoms with Gasteiger partial charge in [0.2, 0.25) is 0 Å². The lowest BCUT2D eigenvalue weighted by Gasteiger charge is -2.10. The Morgan fingerprint density at radius 1 is 1.40 bits per heavy atom. The molecule has 1 amide bonds. The number of anilines is 1. The molecule has 1 atom stereocenters. The molecule has 0 aliphatic carbocycles. The molecule has 0 spiro atoms. The van der Waals surface area contributed by atoms with Crippen molar-refractivity contribution in [1.29, 1.82) is 0 Å². The molecule has 0 aliphatic heterocycles. The molecule has 3 rings (SSSR count). The number of rotatable bonds is 3.